The van der Waals surface area contributed by atoms with E-state index in [1.54, 1.807) is 4.90 Å². The highest BCUT2D eigenvalue weighted by molar-refractivity contribution is 5.35. The summed E-state index contributed by atoms with van der Waals surface area (Å²) in [5.41, 5.74) is 0. The predicted octanol–water partition coefficient (Wildman–Crippen LogP) is 1.55. The topological polar surface area (TPSA) is 7.45 Å². The molecule has 0 spiro atoms. The molecule has 0 amide bonds. The van der Waals surface area contributed by atoms with Crippen molar-refractivity contribution in [2.75, 3.05) is 26.2 Å². The Morgan fingerprint density at radius 1 is 0.800 bits per heavy atom. The molecule has 0 bridgehead atoms. The fraction of sp³-hybridized carbons (Fsp3) is 0.923. The van der Waals surface area contributed by atoms with Crippen molar-refractivity contribution in [3.8, 4) is 0 Å². The minimum absolute atomic E-state index is 1.21. The molecule has 0 saturated carbocycles. The third-order valence-electron chi connectivity index (χ3n) is 2.53. The smallest absolute Gasteiger partial charge is 0.254 e. The Hall–Kier alpha value is -0.370. The van der Waals surface area contributed by atoms with Gasteiger partial charge in [-0.05, 0) is 12.8 Å². The Morgan fingerprint density at radius 2 is 1.27 bits per heavy atom. The van der Waals surface area contributed by atoms with Crippen LogP contribution in [0.3, 0.4) is 0 Å². The maximum Gasteiger partial charge on any atom is 0.324 e. The zero-order chi connectivity index (χ0) is 11.5. The summed E-state index contributed by atoms with van der Waals surface area (Å²) in [7, 11) is 0. The van der Waals surface area contributed by atoms with Crippen molar-refractivity contribution in [1.82, 2.24) is 0 Å². The maximum absolute atomic E-state index is 2.50. The molecular formula is C13H30N2+2. The van der Waals surface area contributed by atoms with E-state index in [4.69, 9.17) is 0 Å². The van der Waals surface area contributed by atoms with E-state index >= 15 is 0 Å². The van der Waals surface area contributed by atoms with Gasteiger partial charge < -0.3 is 0 Å². The van der Waals surface area contributed by atoms with E-state index < -0.39 is 0 Å². The zero-order valence-electron chi connectivity index (χ0n) is 11.2. The van der Waals surface area contributed by atoms with Gasteiger partial charge in [-0.25, -0.2) is 0 Å². The number of hydrogen-bond donors (Lipinski definition) is 1. The van der Waals surface area contributed by atoms with E-state index in [0.717, 1.165) is 0 Å². The fourth-order valence-corrected chi connectivity index (χ4v) is 1.97. The highest BCUT2D eigenvalue weighted by atomic mass is 15.2. The van der Waals surface area contributed by atoms with Crippen LogP contribution in [-0.2, 0) is 0 Å². The van der Waals surface area contributed by atoms with Gasteiger partial charge in [-0.2, -0.15) is 4.58 Å². The highest BCUT2D eigenvalue weighted by Gasteiger charge is 2.10. The first-order valence-electron chi connectivity index (χ1n) is 6.71. The Labute approximate surface area is 96.0 Å². The summed E-state index contributed by atoms with van der Waals surface area (Å²) in [5.74, 6) is 0. The molecule has 0 aromatic heterocycles. The van der Waals surface area contributed by atoms with E-state index in [1.807, 2.05) is 0 Å². The molecule has 0 unspecified atom stereocenters. The van der Waals surface area contributed by atoms with Crippen molar-refractivity contribution in [2.45, 2.75) is 53.4 Å². The third-order valence-corrected chi connectivity index (χ3v) is 2.53. The summed E-state index contributed by atoms with van der Waals surface area (Å²) in [4.78, 5) is 1.64. The van der Waals surface area contributed by atoms with Gasteiger partial charge in [0.05, 0.1) is 13.1 Å². The zero-order valence-corrected chi connectivity index (χ0v) is 11.2. The number of nitrogens with one attached hydrogen (secondary N) is 1. The van der Waals surface area contributed by atoms with Crippen molar-refractivity contribution in [3.63, 3.8) is 0 Å². The quantitative estimate of drug-likeness (QED) is 0.338. The molecule has 0 saturated heterocycles. The largest absolute Gasteiger partial charge is 0.324 e. The molecule has 1 N–H and O–H groups in total. The van der Waals surface area contributed by atoms with Crippen LogP contribution < -0.4 is 4.90 Å². The molecule has 2 heteroatoms. The summed E-state index contributed by atoms with van der Waals surface area (Å²) in [6.45, 7) is 14.0. The summed E-state index contributed by atoms with van der Waals surface area (Å²) in [6, 6.07) is 0. The Kier molecular flexibility index (Phi) is 9.91. The van der Waals surface area contributed by atoms with E-state index in [1.165, 1.54) is 51.9 Å². The molecular weight excluding hydrogens is 184 g/mol. The lowest BCUT2D eigenvalue weighted by Crippen LogP contribution is -3.11. The van der Waals surface area contributed by atoms with Gasteiger partial charge in [0, 0.05) is 12.8 Å². The number of nitrogens with zero attached hydrogens (tertiary/aromatic N) is 1. The van der Waals surface area contributed by atoms with Crippen molar-refractivity contribution in [1.29, 1.82) is 0 Å². The average Bonchev–Trinajstić information content (AvgIpc) is 2.19. The van der Waals surface area contributed by atoms with Crippen LogP contribution in [-0.4, -0.2) is 37.1 Å². The lowest BCUT2D eigenvalue weighted by Gasteiger charge is -2.11. The first-order chi connectivity index (χ1) is 7.28. The SMILES string of the molecule is CCC[N+](=C[NH+](CCC)CCC)CCC. The van der Waals surface area contributed by atoms with Gasteiger partial charge in [-0.1, -0.05) is 27.7 Å². The van der Waals surface area contributed by atoms with Gasteiger partial charge in [0.2, 0.25) is 0 Å². The molecule has 90 valence electrons. The summed E-state index contributed by atoms with van der Waals surface area (Å²) in [5, 5.41) is 0. The standard InChI is InChI=1S/C13H29N2/c1-5-9-14(10-6-2)13-15(11-7-3)12-8-4/h13H,5-12H2,1-4H3/q+1/p+1. The van der Waals surface area contributed by atoms with Crippen LogP contribution in [0, 0.1) is 0 Å². The maximum atomic E-state index is 2.50. The van der Waals surface area contributed by atoms with Gasteiger partial charge in [-0.15, -0.1) is 0 Å². The Bertz CT molecular complexity index is 150. The van der Waals surface area contributed by atoms with Crippen LogP contribution in [0.2, 0.25) is 0 Å². The van der Waals surface area contributed by atoms with Crippen LogP contribution in [0.1, 0.15) is 53.4 Å². The summed E-state index contributed by atoms with van der Waals surface area (Å²) >= 11 is 0. The summed E-state index contributed by atoms with van der Waals surface area (Å²) < 4.78 is 2.50. The third kappa shape index (κ3) is 7.55. The lowest BCUT2D eigenvalue weighted by molar-refractivity contribution is -0.825. The minimum Gasteiger partial charge on any atom is -0.254 e. The van der Waals surface area contributed by atoms with Crippen molar-refractivity contribution >= 4 is 6.34 Å². The van der Waals surface area contributed by atoms with Crippen LogP contribution in [0.5, 0.6) is 0 Å². The molecule has 0 aliphatic rings. The minimum atomic E-state index is 1.21. The molecule has 0 aromatic rings. The van der Waals surface area contributed by atoms with Gasteiger partial charge in [-0.3, -0.25) is 4.90 Å². The van der Waals surface area contributed by atoms with E-state index in [9.17, 15) is 0 Å². The molecule has 0 aliphatic carbocycles. The molecule has 0 aliphatic heterocycles. The second kappa shape index (κ2) is 10.2. The van der Waals surface area contributed by atoms with Gasteiger partial charge in [0.1, 0.15) is 13.1 Å². The van der Waals surface area contributed by atoms with E-state index in [2.05, 4.69) is 38.6 Å². The van der Waals surface area contributed by atoms with Gasteiger partial charge in [0.25, 0.3) is 0 Å². The van der Waals surface area contributed by atoms with Crippen LogP contribution >= 0.6 is 0 Å². The first kappa shape index (κ1) is 14.6. The summed E-state index contributed by atoms with van der Waals surface area (Å²) in [6.07, 6.45) is 7.49. The van der Waals surface area contributed by atoms with Crippen molar-refractivity contribution in [3.05, 3.63) is 0 Å². The average molecular weight is 214 g/mol. The van der Waals surface area contributed by atoms with Gasteiger partial charge in [0.15, 0.2) is 0 Å². The van der Waals surface area contributed by atoms with Crippen molar-refractivity contribution in [2.24, 2.45) is 0 Å². The molecule has 0 aromatic carbocycles. The second-order valence-electron chi connectivity index (χ2n) is 4.32. The molecule has 0 heterocycles. The van der Waals surface area contributed by atoms with E-state index in [0.29, 0.717) is 0 Å². The van der Waals surface area contributed by atoms with Gasteiger partial charge >= 0.3 is 6.34 Å². The molecule has 2 nitrogen and oxygen atoms in total. The van der Waals surface area contributed by atoms with E-state index in [-0.39, 0.29) is 0 Å². The number of quaternary nitrogens is 1. The monoisotopic (exact) mass is 214 g/mol. The molecule has 0 rings (SSSR count). The van der Waals surface area contributed by atoms with Crippen LogP contribution in [0.25, 0.3) is 0 Å². The molecule has 0 radical (unpaired) electrons. The Balaban J connectivity index is 4.27. The first-order valence-corrected chi connectivity index (χ1v) is 6.71. The van der Waals surface area contributed by atoms with Crippen LogP contribution in [0.15, 0.2) is 0 Å². The Morgan fingerprint density at radius 3 is 1.60 bits per heavy atom. The fourth-order valence-electron chi connectivity index (χ4n) is 1.97. The molecule has 0 fully saturated rings. The second-order valence-corrected chi connectivity index (χ2v) is 4.32. The number of hydrogen-bond acceptors (Lipinski definition) is 0. The normalized spacial score (nSPS) is 10.7. The lowest BCUT2D eigenvalue weighted by atomic mass is 10.3. The van der Waals surface area contributed by atoms with Crippen molar-refractivity contribution < 1.29 is 9.48 Å². The number of rotatable bonds is 9. The van der Waals surface area contributed by atoms with Crippen LogP contribution in [0.4, 0.5) is 0 Å². The molecule has 15 heavy (non-hydrogen) atoms. The molecule has 0 atom stereocenters. The highest BCUT2D eigenvalue weighted by Crippen LogP contribution is 1.82. The predicted molar refractivity (Wildman–Crippen MR) is 67.9 cm³/mol.